The molecule has 0 saturated carbocycles. The molecule has 6 heteroatoms. The van der Waals surface area contributed by atoms with E-state index in [9.17, 15) is 10.1 Å². The van der Waals surface area contributed by atoms with Gasteiger partial charge in [-0.2, -0.15) is 0 Å². The maximum atomic E-state index is 10.8. The Kier molecular flexibility index (Phi) is 4.25. The second kappa shape index (κ2) is 5.47. The number of hydrogen-bond acceptors (Lipinski definition) is 5. The summed E-state index contributed by atoms with van der Waals surface area (Å²) in [5, 5.41) is 13.9. The van der Waals surface area contributed by atoms with Gasteiger partial charge in [-0.05, 0) is 25.3 Å². The molecule has 0 aliphatic rings. The van der Waals surface area contributed by atoms with Crippen molar-refractivity contribution in [2.75, 3.05) is 11.1 Å². The Balaban J connectivity index is 2.88. The van der Waals surface area contributed by atoms with Crippen LogP contribution in [0.2, 0.25) is 0 Å². The molecule has 1 atom stereocenters. The van der Waals surface area contributed by atoms with E-state index >= 15 is 0 Å². The minimum Gasteiger partial charge on any atom is -0.384 e. The van der Waals surface area contributed by atoms with Gasteiger partial charge in [0.15, 0.2) is 0 Å². The summed E-state index contributed by atoms with van der Waals surface area (Å²) in [5.74, 6) is 1.02. The molecule has 94 valence electrons. The zero-order chi connectivity index (χ0) is 13.0. The van der Waals surface area contributed by atoms with Gasteiger partial charge in [0.05, 0.1) is 4.92 Å². The standard InChI is InChI=1S/C11H18N4O2/c1-7(2)6-8(3)13-11-9(15(16)17)4-5-10(12)14-11/h4-5,7-8H,6H2,1-3H3,(H3,12,13,14). The predicted molar refractivity (Wildman–Crippen MR) is 67.8 cm³/mol. The van der Waals surface area contributed by atoms with Crippen LogP contribution in [0.1, 0.15) is 27.2 Å². The molecular weight excluding hydrogens is 220 g/mol. The van der Waals surface area contributed by atoms with E-state index in [4.69, 9.17) is 5.73 Å². The van der Waals surface area contributed by atoms with Crippen molar-refractivity contribution in [3.05, 3.63) is 22.2 Å². The summed E-state index contributed by atoms with van der Waals surface area (Å²) in [4.78, 5) is 14.3. The molecule has 1 aromatic heterocycles. The fraction of sp³-hybridized carbons (Fsp3) is 0.545. The highest BCUT2D eigenvalue weighted by atomic mass is 16.6. The maximum absolute atomic E-state index is 10.8. The average Bonchev–Trinajstić information content (AvgIpc) is 2.15. The van der Waals surface area contributed by atoms with Crippen molar-refractivity contribution in [2.45, 2.75) is 33.2 Å². The molecule has 0 bridgehead atoms. The van der Waals surface area contributed by atoms with Crippen LogP contribution in [-0.4, -0.2) is 15.9 Å². The number of nitrogens with two attached hydrogens (primary N) is 1. The minimum atomic E-state index is -0.461. The van der Waals surface area contributed by atoms with E-state index in [0.29, 0.717) is 5.92 Å². The topological polar surface area (TPSA) is 94.1 Å². The number of pyridine rings is 1. The van der Waals surface area contributed by atoms with Crippen LogP contribution in [0.5, 0.6) is 0 Å². The van der Waals surface area contributed by atoms with Crippen molar-refractivity contribution in [1.82, 2.24) is 4.98 Å². The van der Waals surface area contributed by atoms with Crippen molar-refractivity contribution in [2.24, 2.45) is 5.92 Å². The first-order valence-corrected chi connectivity index (χ1v) is 5.57. The molecule has 0 aliphatic carbocycles. The quantitative estimate of drug-likeness (QED) is 0.606. The molecule has 0 aliphatic heterocycles. The molecule has 3 N–H and O–H groups in total. The summed E-state index contributed by atoms with van der Waals surface area (Å²) >= 11 is 0. The Hall–Kier alpha value is -1.85. The van der Waals surface area contributed by atoms with Crippen LogP contribution in [0.4, 0.5) is 17.3 Å². The average molecular weight is 238 g/mol. The smallest absolute Gasteiger partial charge is 0.311 e. The second-order valence-electron chi connectivity index (χ2n) is 4.54. The van der Waals surface area contributed by atoms with Crippen molar-refractivity contribution in [3.63, 3.8) is 0 Å². The van der Waals surface area contributed by atoms with Crippen LogP contribution in [0.3, 0.4) is 0 Å². The molecule has 6 nitrogen and oxygen atoms in total. The Morgan fingerprint density at radius 3 is 2.65 bits per heavy atom. The normalized spacial score (nSPS) is 12.5. The van der Waals surface area contributed by atoms with Gasteiger partial charge in [-0.3, -0.25) is 10.1 Å². The fourth-order valence-electron chi connectivity index (χ4n) is 1.72. The van der Waals surface area contributed by atoms with Gasteiger partial charge >= 0.3 is 5.69 Å². The second-order valence-corrected chi connectivity index (χ2v) is 4.54. The molecule has 0 saturated heterocycles. The first kappa shape index (κ1) is 13.2. The highest BCUT2D eigenvalue weighted by Gasteiger charge is 2.17. The Morgan fingerprint density at radius 2 is 2.12 bits per heavy atom. The SMILES string of the molecule is CC(C)CC(C)Nc1nc(N)ccc1[N+](=O)[O-]. The van der Waals surface area contributed by atoms with Gasteiger partial charge < -0.3 is 11.1 Å². The third-order valence-electron chi connectivity index (χ3n) is 2.30. The number of nitrogen functional groups attached to an aromatic ring is 1. The number of aromatic nitrogens is 1. The van der Waals surface area contributed by atoms with Gasteiger partial charge in [-0.1, -0.05) is 13.8 Å². The van der Waals surface area contributed by atoms with Crippen molar-refractivity contribution in [3.8, 4) is 0 Å². The fourth-order valence-corrected chi connectivity index (χ4v) is 1.72. The Morgan fingerprint density at radius 1 is 1.47 bits per heavy atom. The predicted octanol–water partition coefficient (Wildman–Crippen LogP) is 2.42. The van der Waals surface area contributed by atoms with E-state index in [-0.39, 0.29) is 23.4 Å². The number of rotatable bonds is 5. The lowest BCUT2D eigenvalue weighted by molar-refractivity contribution is -0.384. The lowest BCUT2D eigenvalue weighted by Crippen LogP contribution is -2.19. The monoisotopic (exact) mass is 238 g/mol. The Bertz CT molecular complexity index is 406. The molecule has 0 fully saturated rings. The van der Waals surface area contributed by atoms with Gasteiger partial charge in [0.25, 0.3) is 0 Å². The third-order valence-corrected chi connectivity index (χ3v) is 2.30. The van der Waals surface area contributed by atoms with Crippen molar-refractivity contribution >= 4 is 17.3 Å². The van der Waals surface area contributed by atoms with Gasteiger partial charge in [0, 0.05) is 12.1 Å². The lowest BCUT2D eigenvalue weighted by Gasteiger charge is -2.16. The van der Waals surface area contributed by atoms with E-state index < -0.39 is 4.92 Å². The van der Waals surface area contributed by atoms with E-state index in [1.165, 1.54) is 12.1 Å². The largest absolute Gasteiger partial charge is 0.384 e. The first-order chi connectivity index (χ1) is 7.90. The molecule has 0 radical (unpaired) electrons. The molecule has 1 unspecified atom stereocenters. The van der Waals surface area contributed by atoms with Crippen LogP contribution in [0, 0.1) is 16.0 Å². The van der Waals surface area contributed by atoms with Crippen molar-refractivity contribution in [1.29, 1.82) is 0 Å². The molecule has 0 aromatic carbocycles. The van der Waals surface area contributed by atoms with Crippen LogP contribution < -0.4 is 11.1 Å². The molecular formula is C11H18N4O2. The third kappa shape index (κ3) is 3.90. The highest BCUT2D eigenvalue weighted by Crippen LogP contribution is 2.24. The molecule has 1 rings (SSSR count). The van der Waals surface area contributed by atoms with E-state index in [1.807, 2.05) is 6.92 Å². The highest BCUT2D eigenvalue weighted by molar-refractivity contribution is 5.59. The summed E-state index contributed by atoms with van der Waals surface area (Å²) in [7, 11) is 0. The first-order valence-electron chi connectivity index (χ1n) is 5.57. The van der Waals surface area contributed by atoms with Crippen LogP contribution in [0.15, 0.2) is 12.1 Å². The number of nitrogens with zero attached hydrogens (tertiary/aromatic N) is 2. The summed E-state index contributed by atoms with van der Waals surface area (Å²) in [6.07, 6.45) is 0.910. The lowest BCUT2D eigenvalue weighted by atomic mass is 10.1. The maximum Gasteiger partial charge on any atom is 0.311 e. The van der Waals surface area contributed by atoms with Gasteiger partial charge in [-0.25, -0.2) is 4.98 Å². The molecule has 17 heavy (non-hydrogen) atoms. The van der Waals surface area contributed by atoms with Gasteiger partial charge in [0.2, 0.25) is 5.82 Å². The summed E-state index contributed by atoms with van der Waals surface area (Å²) in [5.41, 5.74) is 5.48. The van der Waals surface area contributed by atoms with E-state index in [1.54, 1.807) is 0 Å². The number of anilines is 2. The van der Waals surface area contributed by atoms with E-state index in [0.717, 1.165) is 6.42 Å². The molecule has 1 heterocycles. The van der Waals surface area contributed by atoms with Gasteiger partial charge in [-0.15, -0.1) is 0 Å². The van der Waals surface area contributed by atoms with E-state index in [2.05, 4.69) is 24.1 Å². The van der Waals surface area contributed by atoms with Crippen LogP contribution in [0.25, 0.3) is 0 Å². The number of nitrogens with one attached hydrogen (secondary N) is 1. The zero-order valence-electron chi connectivity index (χ0n) is 10.3. The zero-order valence-corrected chi connectivity index (χ0v) is 10.3. The minimum absolute atomic E-state index is 0.0465. The Labute approximate surface area is 100 Å². The van der Waals surface area contributed by atoms with Crippen molar-refractivity contribution < 1.29 is 4.92 Å². The number of hydrogen-bond donors (Lipinski definition) is 2. The van der Waals surface area contributed by atoms with Crippen LogP contribution >= 0.6 is 0 Å². The summed E-state index contributed by atoms with van der Waals surface area (Å²) in [6, 6.07) is 2.91. The summed E-state index contributed by atoms with van der Waals surface area (Å²) in [6.45, 7) is 6.16. The number of nitro groups is 1. The van der Waals surface area contributed by atoms with Crippen LogP contribution in [-0.2, 0) is 0 Å². The summed E-state index contributed by atoms with van der Waals surface area (Å²) < 4.78 is 0. The molecule has 0 spiro atoms. The molecule has 1 aromatic rings. The molecule has 0 amide bonds. The van der Waals surface area contributed by atoms with Gasteiger partial charge in [0.1, 0.15) is 5.82 Å².